The molecule has 2 nitrogen and oxygen atoms in total. The predicted molar refractivity (Wildman–Crippen MR) is 83.1 cm³/mol. The van der Waals surface area contributed by atoms with E-state index in [4.69, 9.17) is 16.3 Å². The van der Waals surface area contributed by atoms with Crippen LogP contribution in [0.2, 0.25) is 5.02 Å². The maximum absolute atomic E-state index is 6.25. The molecule has 0 amide bonds. The molecule has 0 spiro atoms. The zero-order valence-corrected chi connectivity index (χ0v) is 12.9. The largest absolute Gasteiger partial charge is 0.492 e. The van der Waals surface area contributed by atoms with Crippen LogP contribution in [0.3, 0.4) is 0 Å². The van der Waals surface area contributed by atoms with Gasteiger partial charge < -0.3 is 10.1 Å². The minimum atomic E-state index is 0.307. The monoisotopic (exact) mass is 281 g/mol. The molecule has 1 atom stereocenters. The highest BCUT2D eigenvalue weighted by Crippen LogP contribution is 2.28. The van der Waals surface area contributed by atoms with Gasteiger partial charge in [-0.2, -0.15) is 0 Å². The molecule has 1 rings (SSSR count). The molecule has 1 unspecified atom stereocenters. The highest BCUT2D eigenvalue weighted by Gasteiger charge is 2.08. The van der Waals surface area contributed by atoms with Gasteiger partial charge in [-0.1, -0.05) is 30.2 Å². The van der Waals surface area contributed by atoms with Gasteiger partial charge in [-0.3, -0.25) is 0 Å². The maximum atomic E-state index is 6.25. The van der Waals surface area contributed by atoms with Crippen LogP contribution in [-0.4, -0.2) is 13.2 Å². The molecular weight excluding hydrogens is 258 g/mol. The van der Waals surface area contributed by atoms with Crippen molar-refractivity contribution in [2.45, 2.75) is 39.7 Å². The summed E-state index contributed by atoms with van der Waals surface area (Å²) in [6.07, 6.45) is 1.98. The molecule has 0 saturated heterocycles. The van der Waals surface area contributed by atoms with Crippen LogP contribution in [0, 0.1) is 0 Å². The average molecular weight is 282 g/mol. The molecule has 1 aromatic carbocycles. The number of hydrogen-bond acceptors (Lipinski definition) is 2. The van der Waals surface area contributed by atoms with E-state index < -0.39 is 0 Å². The molecular formula is C16H24ClNO. The third-order valence-corrected chi connectivity index (χ3v) is 3.24. The molecule has 3 heteroatoms. The Kier molecular flexibility index (Phi) is 6.96. The Morgan fingerprint density at radius 3 is 2.79 bits per heavy atom. The van der Waals surface area contributed by atoms with Gasteiger partial charge in [0.25, 0.3) is 0 Å². The Morgan fingerprint density at radius 1 is 1.47 bits per heavy atom. The van der Waals surface area contributed by atoms with E-state index in [-0.39, 0.29) is 0 Å². The van der Waals surface area contributed by atoms with Crippen molar-refractivity contribution in [3.63, 3.8) is 0 Å². The predicted octanol–water partition coefficient (Wildman–Crippen LogP) is 4.75. The van der Waals surface area contributed by atoms with Crippen LogP contribution >= 0.6 is 11.6 Å². The number of halogens is 1. The zero-order valence-electron chi connectivity index (χ0n) is 12.1. The standard InChI is InChI=1S/C16H24ClNO/c1-5-9-18-13(4)14-6-7-16(15(17)11-14)19-10-8-12(2)3/h6-7,11,13,18H,2,5,8-10H2,1,3-4H3. The summed E-state index contributed by atoms with van der Waals surface area (Å²) in [7, 11) is 0. The van der Waals surface area contributed by atoms with Crippen LogP contribution in [0.1, 0.15) is 45.2 Å². The lowest BCUT2D eigenvalue weighted by atomic mass is 10.1. The summed E-state index contributed by atoms with van der Waals surface area (Å²) >= 11 is 6.25. The highest BCUT2D eigenvalue weighted by atomic mass is 35.5. The summed E-state index contributed by atoms with van der Waals surface area (Å²) in [5.74, 6) is 0.745. The van der Waals surface area contributed by atoms with Gasteiger partial charge in [0.1, 0.15) is 5.75 Å². The Morgan fingerprint density at radius 2 is 2.21 bits per heavy atom. The minimum Gasteiger partial charge on any atom is -0.492 e. The summed E-state index contributed by atoms with van der Waals surface area (Å²) < 4.78 is 5.65. The van der Waals surface area contributed by atoms with Gasteiger partial charge in [0, 0.05) is 12.5 Å². The van der Waals surface area contributed by atoms with Crippen molar-refractivity contribution < 1.29 is 4.74 Å². The summed E-state index contributed by atoms with van der Waals surface area (Å²) in [6.45, 7) is 11.8. The molecule has 1 N–H and O–H groups in total. The first-order chi connectivity index (χ1) is 9.04. The van der Waals surface area contributed by atoms with Crippen molar-refractivity contribution in [1.82, 2.24) is 5.32 Å². The lowest BCUT2D eigenvalue weighted by Crippen LogP contribution is -2.19. The molecule has 1 aromatic rings. The van der Waals surface area contributed by atoms with Gasteiger partial charge in [0.05, 0.1) is 11.6 Å². The zero-order chi connectivity index (χ0) is 14.3. The topological polar surface area (TPSA) is 21.3 Å². The quantitative estimate of drug-likeness (QED) is 0.695. The van der Waals surface area contributed by atoms with Crippen molar-refractivity contribution in [2.75, 3.05) is 13.2 Å². The molecule has 0 saturated carbocycles. The summed E-state index contributed by atoms with van der Waals surface area (Å²) in [5, 5.41) is 4.11. The first kappa shape index (κ1) is 16.1. The molecule has 0 aliphatic carbocycles. The molecule has 106 valence electrons. The number of rotatable bonds is 8. The Hall–Kier alpha value is -0.990. The summed E-state index contributed by atoms with van der Waals surface area (Å²) in [6, 6.07) is 6.29. The van der Waals surface area contributed by atoms with Gasteiger partial charge in [0.2, 0.25) is 0 Å². The van der Waals surface area contributed by atoms with Gasteiger partial charge in [-0.15, -0.1) is 6.58 Å². The Balaban J connectivity index is 2.60. The van der Waals surface area contributed by atoms with Crippen LogP contribution in [0.4, 0.5) is 0 Å². The van der Waals surface area contributed by atoms with Crippen LogP contribution in [0.5, 0.6) is 5.75 Å². The summed E-state index contributed by atoms with van der Waals surface area (Å²) in [4.78, 5) is 0. The lowest BCUT2D eigenvalue weighted by molar-refractivity contribution is 0.322. The van der Waals surface area contributed by atoms with E-state index in [0.717, 1.165) is 30.7 Å². The molecule has 0 aromatic heterocycles. The molecule has 0 heterocycles. The van der Waals surface area contributed by atoms with Gasteiger partial charge in [0.15, 0.2) is 0 Å². The van der Waals surface area contributed by atoms with Crippen molar-refractivity contribution in [1.29, 1.82) is 0 Å². The Labute approximate surface area is 121 Å². The van der Waals surface area contributed by atoms with E-state index in [2.05, 4.69) is 31.8 Å². The number of benzene rings is 1. The number of hydrogen-bond donors (Lipinski definition) is 1. The number of ether oxygens (including phenoxy) is 1. The molecule has 0 aliphatic heterocycles. The molecule has 19 heavy (non-hydrogen) atoms. The second-order valence-electron chi connectivity index (χ2n) is 4.92. The first-order valence-corrected chi connectivity index (χ1v) is 7.22. The van der Waals surface area contributed by atoms with Crippen molar-refractivity contribution >= 4 is 11.6 Å². The highest BCUT2D eigenvalue weighted by molar-refractivity contribution is 6.32. The SMILES string of the molecule is C=C(C)CCOc1ccc(C(C)NCCC)cc1Cl. The van der Waals surface area contributed by atoms with Crippen LogP contribution < -0.4 is 10.1 Å². The third-order valence-electron chi connectivity index (χ3n) is 2.94. The normalized spacial score (nSPS) is 12.2. The number of nitrogens with one attached hydrogen (secondary N) is 1. The minimum absolute atomic E-state index is 0.307. The van der Waals surface area contributed by atoms with E-state index in [1.807, 2.05) is 19.1 Å². The van der Waals surface area contributed by atoms with E-state index >= 15 is 0 Å². The van der Waals surface area contributed by atoms with Crippen LogP contribution in [0.15, 0.2) is 30.4 Å². The smallest absolute Gasteiger partial charge is 0.137 e. The fourth-order valence-electron chi connectivity index (χ4n) is 1.72. The molecule has 0 fully saturated rings. The fourth-order valence-corrected chi connectivity index (χ4v) is 1.96. The van der Waals surface area contributed by atoms with Crippen molar-refractivity contribution in [2.24, 2.45) is 0 Å². The van der Waals surface area contributed by atoms with Crippen LogP contribution in [-0.2, 0) is 0 Å². The lowest BCUT2D eigenvalue weighted by Gasteiger charge is -2.15. The van der Waals surface area contributed by atoms with Crippen LogP contribution in [0.25, 0.3) is 0 Å². The van der Waals surface area contributed by atoms with E-state index in [1.165, 1.54) is 5.56 Å². The first-order valence-electron chi connectivity index (χ1n) is 6.84. The van der Waals surface area contributed by atoms with Gasteiger partial charge in [-0.05, 0) is 44.5 Å². The van der Waals surface area contributed by atoms with Crippen molar-refractivity contribution in [3.8, 4) is 5.75 Å². The molecule has 0 bridgehead atoms. The second kappa shape index (κ2) is 8.23. The third kappa shape index (κ3) is 5.66. The van der Waals surface area contributed by atoms with Gasteiger partial charge >= 0.3 is 0 Å². The van der Waals surface area contributed by atoms with E-state index in [1.54, 1.807) is 0 Å². The average Bonchev–Trinajstić information content (AvgIpc) is 2.37. The van der Waals surface area contributed by atoms with Crippen molar-refractivity contribution in [3.05, 3.63) is 40.9 Å². The second-order valence-corrected chi connectivity index (χ2v) is 5.33. The summed E-state index contributed by atoms with van der Waals surface area (Å²) in [5.41, 5.74) is 2.30. The Bertz CT molecular complexity index is 417. The van der Waals surface area contributed by atoms with E-state index in [9.17, 15) is 0 Å². The van der Waals surface area contributed by atoms with Gasteiger partial charge in [-0.25, -0.2) is 0 Å². The maximum Gasteiger partial charge on any atom is 0.137 e. The molecule has 0 radical (unpaired) electrons. The molecule has 0 aliphatic rings. The van der Waals surface area contributed by atoms with E-state index in [0.29, 0.717) is 17.7 Å². The fraction of sp³-hybridized carbons (Fsp3) is 0.500.